The number of anilines is 1. The summed E-state index contributed by atoms with van der Waals surface area (Å²) < 4.78 is 0. The molecule has 0 fully saturated rings. The van der Waals surface area contributed by atoms with E-state index in [0.29, 0.717) is 13.1 Å². The van der Waals surface area contributed by atoms with Crippen LogP contribution in [-0.4, -0.2) is 18.6 Å². The first-order chi connectivity index (χ1) is 6.77. The topological polar surface area (TPSA) is 64.2 Å². The Labute approximate surface area is 81.9 Å². The standard InChI is InChI=1S/C10H12N2O2/c13-10(14)9-6-12-8-4-2-1-3-7(8)5-11-9/h1-4,9,11-12H,5-6H2,(H,13,14)/p-1. The Bertz CT molecular complexity index is 325. The van der Waals surface area contributed by atoms with Gasteiger partial charge >= 0.3 is 0 Å². The fraction of sp³-hybridized carbons (Fsp3) is 0.300. The minimum absolute atomic E-state index is 0.360. The highest BCUT2D eigenvalue weighted by atomic mass is 16.4. The van der Waals surface area contributed by atoms with Gasteiger partial charge in [-0.25, -0.2) is 0 Å². The number of carbonyl (C=O) groups is 1. The zero-order valence-corrected chi connectivity index (χ0v) is 7.62. The van der Waals surface area contributed by atoms with Crippen LogP contribution in [0.2, 0.25) is 0 Å². The molecule has 1 aromatic carbocycles. The molecule has 1 aliphatic rings. The van der Waals surface area contributed by atoms with E-state index in [1.165, 1.54) is 0 Å². The zero-order valence-electron chi connectivity index (χ0n) is 7.62. The van der Waals surface area contributed by atoms with E-state index in [9.17, 15) is 9.90 Å². The van der Waals surface area contributed by atoms with Gasteiger partial charge in [-0.05, 0) is 11.6 Å². The van der Waals surface area contributed by atoms with Crippen LogP contribution < -0.4 is 15.7 Å². The highest BCUT2D eigenvalue weighted by molar-refractivity contribution is 5.72. The maximum atomic E-state index is 10.6. The molecule has 0 aliphatic carbocycles. The van der Waals surface area contributed by atoms with Gasteiger partial charge in [0, 0.05) is 18.8 Å². The van der Waals surface area contributed by atoms with Crippen molar-refractivity contribution in [1.82, 2.24) is 5.32 Å². The lowest BCUT2D eigenvalue weighted by Crippen LogP contribution is -2.47. The Kier molecular flexibility index (Phi) is 2.37. The molecule has 0 amide bonds. The summed E-state index contributed by atoms with van der Waals surface area (Å²) in [5.74, 6) is -1.06. The predicted octanol–water partition coefficient (Wildman–Crippen LogP) is -0.680. The van der Waals surface area contributed by atoms with Gasteiger partial charge in [-0.1, -0.05) is 18.2 Å². The first-order valence-corrected chi connectivity index (χ1v) is 4.53. The Morgan fingerprint density at radius 3 is 3.00 bits per heavy atom. The molecule has 1 atom stereocenters. The summed E-state index contributed by atoms with van der Waals surface area (Å²) in [7, 11) is 0. The summed E-state index contributed by atoms with van der Waals surface area (Å²) in [5, 5.41) is 16.6. The number of carboxylic acids is 1. The number of aliphatic carboxylic acids is 1. The van der Waals surface area contributed by atoms with Crippen LogP contribution in [0, 0.1) is 0 Å². The van der Waals surface area contributed by atoms with Crippen molar-refractivity contribution in [2.75, 3.05) is 11.9 Å². The second-order valence-electron chi connectivity index (χ2n) is 3.29. The van der Waals surface area contributed by atoms with Crippen molar-refractivity contribution in [3.05, 3.63) is 29.8 Å². The number of hydrogen-bond acceptors (Lipinski definition) is 4. The Morgan fingerprint density at radius 2 is 2.21 bits per heavy atom. The molecule has 4 heteroatoms. The third kappa shape index (κ3) is 1.70. The monoisotopic (exact) mass is 191 g/mol. The lowest BCUT2D eigenvalue weighted by molar-refractivity contribution is -0.308. The molecule has 1 aromatic rings. The SMILES string of the molecule is O=C([O-])C1CNc2ccccc2CN1. The first-order valence-electron chi connectivity index (χ1n) is 4.53. The molecular formula is C10H11N2O2-. The molecule has 1 heterocycles. The number of para-hydroxylation sites is 1. The van der Waals surface area contributed by atoms with Crippen molar-refractivity contribution in [2.24, 2.45) is 0 Å². The van der Waals surface area contributed by atoms with E-state index in [4.69, 9.17) is 0 Å². The summed E-state index contributed by atoms with van der Waals surface area (Å²) in [4.78, 5) is 10.6. The van der Waals surface area contributed by atoms with Gasteiger partial charge in [0.15, 0.2) is 0 Å². The third-order valence-corrected chi connectivity index (χ3v) is 2.34. The fourth-order valence-corrected chi connectivity index (χ4v) is 1.53. The average molecular weight is 191 g/mol. The fourth-order valence-electron chi connectivity index (χ4n) is 1.53. The van der Waals surface area contributed by atoms with Crippen LogP contribution in [0.15, 0.2) is 24.3 Å². The van der Waals surface area contributed by atoms with E-state index < -0.39 is 12.0 Å². The molecule has 0 saturated carbocycles. The van der Waals surface area contributed by atoms with Gasteiger partial charge in [0.1, 0.15) is 0 Å². The van der Waals surface area contributed by atoms with E-state index in [2.05, 4.69) is 10.6 Å². The van der Waals surface area contributed by atoms with Crippen molar-refractivity contribution < 1.29 is 9.90 Å². The number of hydrogen-bond donors (Lipinski definition) is 2. The van der Waals surface area contributed by atoms with Gasteiger partial charge in [-0.2, -0.15) is 0 Å². The van der Waals surface area contributed by atoms with Crippen LogP contribution in [0.5, 0.6) is 0 Å². The van der Waals surface area contributed by atoms with Crippen molar-refractivity contribution in [2.45, 2.75) is 12.6 Å². The normalized spacial score (nSPS) is 20.4. The average Bonchev–Trinajstić information content (AvgIpc) is 2.39. The predicted molar refractivity (Wildman–Crippen MR) is 50.6 cm³/mol. The number of fused-ring (bicyclic) bond motifs is 1. The molecule has 0 spiro atoms. The molecular weight excluding hydrogens is 180 g/mol. The molecule has 1 aliphatic heterocycles. The molecule has 14 heavy (non-hydrogen) atoms. The van der Waals surface area contributed by atoms with Crippen molar-refractivity contribution in [3.63, 3.8) is 0 Å². The van der Waals surface area contributed by atoms with Crippen molar-refractivity contribution in [3.8, 4) is 0 Å². The molecule has 4 nitrogen and oxygen atoms in total. The van der Waals surface area contributed by atoms with Crippen LogP contribution in [0.3, 0.4) is 0 Å². The lowest BCUT2D eigenvalue weighted by atomic mass is 10.2. The van der Waals surface area contributed by atoms with Gasteiger partial charge in [0.05, 0.1) is 12.0 Å². The number of nitrogens with one attached hydrogen (secondary N) is 2. The second-order valence-corrected chi connectivity index (χ2v) is 3.29. The van der Waals surface area contributed by atoms with Crippen molar-refractivity contribution in [1.29, 1.82) is 0 Å². The smallest absolute Gasteiger partial charge is 0.0645 e. The maximum Gasteiger partial charge on any atom is 0.0645 e. The minimum atomic E-state index is -1.06. The van der Waals surface area contributed by atoms with Gasteiger partial charge < -0.3 is 20.5 Å². The molecule has 0 bridgehead atoms. The number of carboxylic acid groups (broad SMARTS) is 1. The van der Waals surface area contributed by atoms with Crippen LogP contribution in [0.25, 0.3) is 0 Å². The van der Waals surface area contributed by atoms with E-state index in [1.807, 2.05) is 24.3 Å². The molecule has 0 saturated heterocycles. The Hall–Kier alpha value is -1.55. The molecule has 2 rings (SSSR count). The molecule has 2 N–H and O–H groups in total. The highest BCUT2D eigenvalue weighted by Gasteiger charge is 2.14. The minimum Gasteiger partial charge on any atom is -0.548 e. The summed E-state index contributed by atoms with van der Waals surface area (Å²) >= 11 is 0. The van der Waals surface area contributed by atoms with Crippen molar-refractivity contribution >= 4 is 11.7 Å². The Morgan fingerprint density at radius 1 is 1.43 bits per heavy atom. The molecule has 0 aromatic heterocycles. The summed E-state index contributed by atoms with van der Waals surface area (Å²) in [6.07, 6.45) is 0. The number of benzene rings is 1. The maximum absolute atomic E-state index is 10.6. The lowest BCUT2D eigenvalue weighted by Gasteiger charge is -2.16. The van der Waals surface area contributed by atoms with E-state index in [1.54, 1.807) is 0 Å². The molecule has 1 unspecified atom stereocenters. The van der Waals surface area contributed by atoms with Crippen LogP contribution in [0.4, 0.5) is 5.69 Å². The zero-order chi connectivity index (χ0) is 9.97. The second kappa shape index (κ2) is 3.67. The number of carbonyl (C=O) groups excluding carboxylic acids is 1. The summed E-state index contributed by atoms with van der Waals surface area (Å²) in [6.45, 7) is 0.918. The summed E-state index contributed by atoms with van der Waals surface area (Å²) in [5.41, 5.74) is 2.07. The molecule has 74 valence electrons. The van der Waals surface area contributed by atoms with E-state index >= 15 is 0 Å². The third-order valence-electron chi connectivity index (χ3n) is 2.34. The first kappa shape index (κ1) is 9.02. The van der Waals surface area contributed by atoms with Crippen LogP contribution in [-0.2, 0) is 11.3 Å². The van der Waals surface area contributed by atoms with Gasteiger partial charge in [0.25, 0.3) is 0 Å². The largest absolute Gasteiger partial charge is 0.548 e. The quantitative estimate of drug-likeness (QED) is 0.617. The molecule has 0 radical (unpaired) electrons. The van der Waals surface area contributed by atoms with Gasteiger partial charge in [0.2, 0.25) is 0 Å². The van der Waals surface area contributed by atoms with Crippen LogP contribution in [0.1, 0.15) is 5.56 Å². The van der Waals surface area contributed by atoms with E-state index in [0.717, 1.165) is 11.3 Å². The highest BCUT2D eigenvalue weighted by Crippen LogP contribution is 2.16. The van der Waals surface area contributed by atoms with Gasteiger partial charge in [-0.3, -0.25) is 0 Å². The van der Waals surface area contributed by atoms with Crippen LogP contribution >= 0.6 is 0 Å². The van der Waals surface area contributed by atoms with Gasteiger partial charge in [-0.15, -0.1) is 0 Å². The van der Waals surface area contributed by atoms with E-state index in [-0.39, 0.29) is 0 Å². The summed E-state index contributed by atoms with van der Waals surface area (Å²) in [6, 6.07) is 7.14. The number of rotatable bonds is 1. The Balaban J connectivity index is 2.18.